The van der Waals surface area contributed by atoms with Crippen molar-refractivity contribution in [2.24, 2.45) is 11.7 Å². The highest BCUT2D eigenvalue weighted by Gasteiger charge is 2.24. The fourth-order valence-corrected chi connectivity index (χ4v) is 4.13. The van der Waals surface area contributed by atoms with Crippen LogP contribution in [0.2, 0.25) is 0 Å². The number of nitrogens with one attached hydrogen (secondary N) is 2. The van der Waals surface area contributed by atoms with Crippen LogP contribution in [0.25, 0.3) is 0 Å². The van der Waals surface area contributed by atoms with Crippen LogP contribution in [0.15, 0.2) is 42.5 Å². The first-order chi connectivity index (χ1) is 13.6. The summed E-state index contributed by atoms with van der Waals surface area (Å²) in [6.45, 7) is 4.05. The lowest BCUT2D eigenvalue weighted by Crippen LogP contribution is -2.40. The quantitative estimate of drug-likeness (QED) is 0.745. The van der Waals surface area contributed by atoms with Crippen LogP contribution in [0.3, 0.4) is 0 Å². The molecule has 0 spiro atoms. The maximum Gasteiger partial charge on any atom is 0.255 e. The number of anilines is 1. The molecule has 2 aliphatic heterocycles. The third kappa shape index (κ3) is 4.08. The first kappa shape index (κ1) is 18.7. The van der Waals surface area contributed by atoms with E-state index in [2.05, 4.69) is 21.6 Å². The van der Waals surface area contributed by atoms with E-state index in [1.807, 2.05) is 36.4 Å². The number of rotatable bonds is 5. The molecule has 6 nitrogen and oxygen atoms in total. The van der Waals surface area contributed by atoms with Crippen molar-refractivity contribution in [3.8, 4) is 0 Å². The Balaban J connectivity index is 1.38. The van der Waals surface area contributed by atoms with Gasteiger partial charge in [-0.25, -0.2) is 0 Å². The molecule has 4 rings (SSSR count). The van der Waals surface area contributed by atoms with E-state index >= 15 is 0 Å². The van der Waals surface area contributed by atoms with Gasteiger partial charge in [-0.05, 0) is 54.3 Å². The average Bonchev–Trinajstić information content (AvgIpc) is 3.18. The third-order valence-electron chi connectivity index (χ3n) is 5.66. The maximum absolute atomic E-state index is 12.7. The van der Waals surface area contributed by atoms with E-state index in [0.717, 1.165) is 67.9 Å². The zero-order chi connectivity index (χ0) is 19.5. The fraction of sp³-hybridized carbons (Fsp3) is 0.364. The van der Waals surface area contributed by atoms with Gasteiger partial charge in [-0.3, -0.25) is 14.5 Å². The number of nitrogens with zero attached hydrogens (tertiary/aromatic N) is 1. The Hall–Kier alpha value is -2.70. The third-order valence-corrected chi connectivity index (χ3v) is 5.66. The lowest BCUT2D eigenvalue weighted by atomic mass is 9.97. The number of primary amides is 1. The molecule has 1 atom stereocenters. The van der Waals surface area contributed by atoms with Crippen molar-refractivity contribution >= 4 is 17.5 Å². The molecule has 28 heavy (non-hydrogen) atoms. The predicted octanol–water partition coefficient (Wildman–Crippen LogP) is 2.24. The van der Waals surface area contributed by atoms with Crippen molar-refractivity contribution in [1.82, 2.24) is 10.2 Å². The fourth-order valence-electron chi connectivity index (χ4n) is 4.13. The van der Waals surface area contributed by atoms with Crippen LogP contribution in [0.4, 0.5) is 5.69 Å². The number of carbonyl (C=O) groups is 2. The zero-order valence-corrected chi connectivity index (χ0v) is 15.9. The van der Waals surface area contributed by atoms with E-state index in [0.29, 0.717) is 0 Å². The lowest BCUT2D eigenvalue weighted by Gasteiger charge is -2.31. The summed E-state index contributed by atoms with van der Waals surface area (Å²) in [5.41, 5.74) is 10.4. The number of hydrogen-bond acceptors (Lipinski definition) is 4. The normalized spacial score (nSPS) is 19.2. The van der Waals surface area contributed by atoms with Crippen molar-refractivity contribution in [3.63, 3.8) is 0 Å². The molecular weight excluding hydrogens is 352 g/mol. The lowest BCUT2D eigenvalue weighted by molar-refractivity contribution is -0.123. The Kier molecular flexibility index (Phi) is 5.41. The van der Waals surface area contributed by atoms with Gasteiger partial charge in [-0.1, -0.05) is 24.3 Å². The van der Waals surface area contributed by atoms with Crippen molar-refractivity contribution in [2.75, 3.05) is 18.4 Å². The van der Waals surface area contributed by atoms with Gasteiger partial charge in [0.05, 0.1) is 5.92 Å². The Morgan fingerprint density at radius 3 is 2.75 bits per heavy atom. The number of nitrogens with two attached hydrogens (primary N) is 1. The van der Waals surface area contributed by atoms with Gasteiger partial charge in [0.25, 0.3) is 5.91 Å². The van der Waals surface area contributed by atoms with E-state index in [-0.39, 0.29) is 17.7 Å². The zero-order valence-electron chi connectivity index (χ0n) is 15.9. The van der Waals surface area contributed by atoms with Gasteiger partial charge in [0, 0.05) is 37.4 Å². The number of likely N-dealkylation sites (tertiary alicyclic amines) is 1. The summed E-state index contributed by atoms with van der Waals surface area (Å²) in [7, 11) is 0. The molecule has 2 aliphatic rings. The Morgan fingerprint density at radius 1 is 1.14 bits per heavy atom. The summed E-state index contributed by atoms with van der Waals surface area (Å²) in [4.78, 5) is 26.4. The summed E-state index contributed by atoms with van der Waals surface area (Å²) < 4.78 is 0. The van der Waals surface area contributed by atoms with Gasteiger partial charge in [-0.15, -0.1) is 0 Å². The minimum Gasteiger partial charge on any atom is -0.369 e. The van der Waals surface area contributed by atoms with Crippen LogP contribution in [-0.2, 0) is 24.4 Å². The second-order valence-corrected chi connectivity index (χ2v) is 7.67. The Bertz CT molecular complexity index is 879. The molecular formula is C22H26N4O2. The molecule has 1 saturated heterocycles. The molecule has 0 aromatic heterocycles. The minimum absolute atomic E-state index is 0.0469. The average molecular weight is 378 g/mol. The van der Waals surface area contributed by atoms with Crippen molar-refractivity contribution in [3.05, 3.63) is 64.7 Å². The molecule has 2 heterocycles. The van der Waals surface area contributed by atoms with Gasteiger partial charge in [0.2, 0.25) is 5.91 Å². The van der Waals surface area contributed by atoms with E-state index < -0.39 is 0 Å². The largest absolute Gasteiger partial charge is 0.369 e. The number of benzene rings is 2. The monoisotopic (exact) mass is 378 g/mol. The number of fused-ring (bicyclic) bond motifs is 1. The topological polar surface area (TPSA) is 87.5 Å². The van der Waals surface area contributed by atoms with Crippen LogP contribution < -0.4 is 16.4 Å². The highest BCUT2D eigenvalue weighted by atomic mass is 16.2. The van der Waals surface area contributed by atoms with Crippen LogP contribution >= 0.6 is 0 Å². The molecule has 1 fully saturated rings. The van der Waals surface area contributed by atoms with Crippen molar-refractivity contribution in [2.45, 2.75) is 32.5 Å². The van der Waals surface area contributed by atoms with Gasteiger partial charge in [0.15, 0.2) is 0 Å². The smallest absolute Gasteiger partial charge is 0.255 e. The molecule has 2 aromatic carbocycles. The number of amides is 2. The molecule has 0 bridgehead atoms. The van der Waals surface area contributed by atoms with E-state index in [1.165, 1.54) is 5.56 Å². The molecule has 0 saturated carbocycles. The Morgan fingerprint density at radius 2 is 1.96 bits per heavy atom. The van der Waals surface area contributed by atoms with Crippen LogP contribution in [-0.4, -0.2) is 29.8 Å². The maximum atomic E-state index is 12.7. The first-order valence-corrected chi connectivity index (χ1v) is 9.83. The Labute approximate surface area is 165 Å². The van der Waals surface area contributed by atoms with Gasteiger partial charge in [-0.2, -0.15) is 0 Å². The molecule has 0 aliphatic carbocycles. The number of carbonyl (C=O) groups excluding carboxylic acids is 2. The van der Waals surface area contributed by atoms with Gasteiger partial charge in [0.1, 0.15) is 0 Å². The molecule has 2 amide bonds. The van der Waals surface area contributed by atoms with E-state index in [9.17, 15) is 9.59 Å². The van der Waals surface area contributed by atoms with Crippen LogP contribution in [0.1, 0.15) is 39.9 Å². The van der Waals surface area contributed by atoms with E-state index in [1.54, 1.807) is 0 Å². The second-order valence-electron chi connectivity index (χ2n) is 7.67. The van der Waals surface area contributed by atoms with Crippen molar-refractivity contribution < 1.29 is 9.59 Å². The number of hydrogen-bond donors (Lipinski definition) is 3. The highest BCUT2D eigenvalue weighted by Crippen LogP contribution is 2.22. The summed E-state index contributed by atoms with van der Waals surface area (Å²) in [6, 6.07) is 13.8. The first-order valence-electron chi connectivity index (χ1n) is 9.83. The highest BCUT2D eigenvalue weighted by molar-refractivity contribution is 6.05. The van der Waals surface area contributed by atoms with Crippen molar-refractivity contribution in [1.29, 1.82) is 0 Å². The van der Waals surface area contributed by atoms with E-state index in [4.69, 9.17) is 5.73 Å². The predicted molar refractivity (Wildman–Crippen MR) is 109 cm³/mol. The summed E-state index contributed by atoms with van der Waals surface area (Å²) in [5, 5.41) is 6.29. The molecule has 1 unspecified atom stereocenters. The molecule has 4 N–H and O–H groups in total. The summed E-state index contributed by atoms with van der Waals surface area (Å²) in [6.07, 6.45) is 1.88. The standard InChI is InChI=1S/C22H26N4O2/c23-21(27)17-4-2-10-26(14-17)13-15-6-8-18(9-7-15)25-22(28)19-5-1-3-16-11-24-12-20(16)19/h1,3,5-9,17,24H,2,4,10-14H2,(H2,23,27)(H,25,28). The summed E-state index contributed by atoms with van der Waals surface area (Å²) in [5.74, 6) is -0.326. The van der Waals surface area contributed by atoms with Crippen LogP contribution in [0.5, 0.6) is 0 Å². The second kappa shape index (κ2) is 8.12. The van der Waals surface area contributed by atoms with Gasteiger partial charge >= 0.3 is 0 Å². The molecule has 146 valence electrons. The van der Waals surface area contributed by atoms with Crippen LogP contribution in [0, 0.1) is 5.92 Å². The molecule has 0 radical (unpaired) electrons. The molecule has 6 heteroatoms. The summed E-state index contributed by atoms with van der Waals surface area (Å²) >= 11 is 0. The molecule has 2 aromatic rings. The SMILES string of the molecule is NC(=O)C1CCCN(Cc2ccc(NC(=O)c3cccc4c3CNC4)cc2)C1. The minimum atomic E-state index is -0.203. The van der Waals surface area contributed by atoms with Gasteiger partial charge < -0.3 is 16.4 Å². The number of piperidine rings is 1.